The number of amides is 2. The van der Waals surface area contributed by atoms with Crippen molar-refractivity contribution in [3.05, 3.63) is 29.3 Å². The normalized spacial score (nSPS) is 24.7. The van der Waals surface area contributed by atoms with Gasteiger partial charge in [-0.2, -0.15) is 0 Å². The van der Waals surface area contributed by atoms with Crippen LogP contribution in [0.4, 0.5) is 10.5 Å². The van der Waals surface area contributed by atoms with Gasteiger partial charge < -0.3 is 20.1 Å². The van der Waals surface area contributed by atoms with Crippen LogP contribution in [-0.2, 0) is 9.53 Å². The first-order valence-corrected chi connectivity index (χ1v) is 8.35. The number of aliphatic carboxylic acids is 1. The van der Waals surface area contributed by atoms with Crippen molar-refractivity contribution in [2.24, 2.45) is 11.3 Å². The number of carbonyl (C=O) groups excluding carboxylic acids is 2. The van der Waals surface area contributed by atoms with Crippen LogP contribution in [-0.4, -0.2) is 48.2 Å². The molecule has 0 unspecified atom stereocenters. The summed E-state index contributed by atoms with van der Waals surface area (Å²) >= 11 is 0. The van der Waals surface area contributed by atoms with Crippen molar-refractivity contribution in [1.82, 2.24) is 4.90 Å². The molecule has 2 atom stereocenters. The lowest BCUT2D eigenvalue weighted by atomic mass is 9.81. The van der Waals surface area contributed by atoms with Crippen LogP contribution in [0.15, 0.2) is 18.2 Å². The Bertz CT molecular complexity index is 732. The lowest BCUT2D eigenvalue weighted by molar-refractivity contribution is -0.149. The van der Waals surface area contributed by atoms with E-state index in [1.54, 1.807) is 30.0 Å². The van der Waals surface area contributed by atoms with E-state index < -0.39 is 17.4 Å². The minimum Gasteiger partial charge on any atom is -0.481 e. The zero-order chi connectivity index (χ0) is 18.2. The molecule has 2 fully saturated rings. The lowest BCUT2D eigenvalue weighted by Gasteiger charge is -2.23. The molecule has 1 aliphatic carbocycles. The topological polar surface area (TPSA) is 95.9 Å². The quantitative estimate of drug-likeness (QED) is 0.820. The predicted octanol–water partition coefficient (Wildman–Crippen LogP) is 2.50. The number of carboxylic acid groups (broad SMARTS) is 1. The number of methoxy groups -OCH3 is 1. The minimum atomic E-state index is -0.802. The number of hydrogen-bond acceptors (Lipinski definition) is 4. The second-order valence-corrected chi connectivity index (χ2v) is 6.88. The number of ether oxygens (including phenoxy) is 1. The first-order chi connectivity index (χ1) is 11.9. The number of anilines is 1. The number of likely N-dealkylation sites (tertiary alicyclic amines) is 1. The lowest BCUT2D eigenvalue weighted by Crippen LogP contribution is -2.38. The van der Waals surface area contributed by atoms with Gasteiger partial charge in [0.15, 0.2) is 0 Å². The molecule has 0 aromatic heterocycles. The van der Waals surface area contributed by atoms with Gasteiger partial charge in [-0.3, -0.25) is 4.79 Å². The number of nitrogens with zero attached hydrogens (tertiary/aromatic N) is 1. The monoisotopic (exact) mass is 346 g/mol. The highest BCUT2D eigenvalue weighted by atomic mass is 16.5. The van der Waals surface area contributed by atoms with Crippen LogP contribution in [0.25, 0.3) is 0 Å². The molecule has 1 aromatic rings. The smallest absolute Gasteiger partial charge is 0.338 e. The minimum absolute atomic E-state index is 0.0270. The number of esters is 1. The molecule has 3 rings (SSSR count). The second kappa shape index (κ2) is 6.38. The number of rotatable bonds is 3. The van der Waals surface area contributed by atoms with E-state index in [2.05, 4.69) is 5.32 Å². The summed E-state index contributed by atoms with van der Waals surface area (Å²) in [4.78, 5) is 37.4. The summed E-state index contributed by atoms with van der Waals surface area (Å²) in [5.74, 6) is -1.20. The molecule has 1 saturated heterocycles. The maximum atomic E-state index is 12.5. The van der Waals surface area contributed by atoms with E-state index in [4.69, 9.17) is 4.74 Å². The molecule has 1 aliphatic heterocycles. The highest BCUT2D eigenvalue weighted by molar-refractivity contribution is 5.94. The maximum Gasteiger partial charge on any atom is 0.338 e. The average Bonchev–Trinajstić information content (AvgIpc) is 3.12. The van der Waals surface area contributed by atoms with Crippen LogP contribution in [0.5, 0.6) is 0 Å². The summed E-state index contributed by atoms with van der Waals surface area (Å²) < 4.78 is 4.71. The SMILES string of the molecule is COC(=O)c1ccc(NC(=O)N2C[C@@H]3CCC[C@@]3(C(=O)O)C2)cc1C. The van der Waals surface area contributed by atoms with Gasteiger partial charge in [0.1, 0.15) is 0 Å². The molecule has 1 aromatic carbocycles. The number of nitrogens with one attached hydrogen (secondary N) is 1. The highest BCUT2D eigenvalue weighted by Crippen LogP contribution is 2.48. The first-order valence-electron chi connectivity index (χ1n) is 8.35. The van der Waals surface area contributed by atoms with Crippen LogP contribution >= 0.6 is 0 Å². The van der Waals surface area contributed by atoms with Crippen molar-refractivity contribution in [1.29, 1.82) is 0 Å². The van der Waals surface area contributed by atoms with Crippen LogP contribution in [0.3, 0.4) is 0 Å². The Kier molecular flexibility index (Phi) is 4.41. The molecular formula is C18H22N2O5. The number of fused-ring (bicyclic) bond motifs is 1. The van der Waals surface area contributed by atoms with E-state index >= 15 is 0 Å². The van der Waals surface area contributed by atoms with E-state index in [0.29, 0.717) is 29.8 Å². The van der Waals surface area contributed by atoms with Crippen molar-refractivity contribution >= 4 is 23.7 Å². The van der Waals surface area contributed by atoms with Gasteiger partial charge in [-0.25, -0.2) is 9.59 Å². The van der Waals surface area contributed by atoms with Gasteiger partial charge in [0, 0.05) is 18.8 Å². The summed E-state index contributed by atoms with van der Waals surface area (Å²) in [6.45, 7) is 2.48. The van der Waals surface area contributed by atoms with Crippen LogP contribution in [0, 0.1) is 18.3 Å². The number of urea groups is 1. The van der Waals surface area contributed by atoms with E-state index in [1.165, 1.54) is 7.11 Å². The van der Waals surface area contributed by atoms with E-state index in [0.717, 1.165) is 12.8 Å². The van der Waals surface area contributed by atoms with E-state index in [9.17, 15) is 19.5 Å². The molecule has 1 saturated carbocycles. The predicted molar refractivity (Wildman–Crippen MR) is 90.5 cm³/mol. The number of hydrogen-bond donors (Lipinski definition) is 2. The molecule has 7 heteroatoms. The number of benzene rings is 1. The summed E-state index contributed by atoms with van der Waals surface area (Å²) in [6.07, 6.45) is 2.38. The van der Waals surface area contributed by atoms with Crippen molar-refractivity contribution in [3.63, 3.8) is 0 Å². The average molecular weight is 346 g/mol. The standard InChI is InChI=1S/C18H22N2O5/c1-11-8-13(5-6-14(11)15(21)25-2)19-17(24)20-9-12-4-3-7-18(12,10-20)16(22)23/h5-6,8,12H,3-4,7,9-10H2,1-2H3,(H,19,24)(H,22,23)/t12-,18+/m0/s1. The van der Waals surface area contributed by atoms with Crippen LogP contribution in [0.2, 0.25) is 0 Å². The Morgan fingerprint density at radius 1 is 1.36 bits per heavy atom. The second-order valence-electron chi connectivity index (χ2n) is 6.88. The van der Waals surface area contributed by atoms with Crippen molar-refractivity contribution in [2.45, 2.75) is 26.2 Å². The molecule has 134 valence electrons. The number of carbonyl (C=O) groups is 3. The fourth-order valence-corrected chi connectivity index (χ4v) is 4.08. The molecule has 2 N–H and O–H groups in total. The van der Waals surface area contributed by atoms with Gasteiger partial charge >= 0.3 is 18.0 Å². The van der Waals surface area contributed by atoms with Crippen LogP contribution < -0.4 is 5.32 Å². The zero-order valence-corrected chi connectivity index (χ0v) is 14.4. The summed E-state index contributed by atoms with van der Waals surface area (Å²) in [5.41, 5.74) is 0.921. The molecule has 0 bridgehead atoms. The largest absolute Gasteiger partial charge is 0.481 e. The van der Waals surface area contributed by atoms with Crippen molar-refractivity contribution < 1.29 is 24.2 Å². The highest BCUT2D eigenvalue weighted by Gasteiger charge is 2.55. The van der Waals surface area contributed by atoms with E-state index in [-0.39, 0.29) is 18.5 Å². The molecular weight excluding hydrogens is 324 g/mol. The third-order valence-electron chi connectivity index (χ3n) is 5.47. The zero-order valence-electron chi connectivity index (χ0n) is 14.4. The molecule has 1 heterocycles. The Morgan fingerprint density at radius 3 is 2.72 bits per heavy atom. The van der Waals surface area contributed by atoms with Gasteiger partial charge in [-0.05, 0) is 49.4 Å². The Morgan fingerprint density at radius 2 is 2.12 bits per heavy atom. The molecule has 7 nitrogen and oxygen atoms in total. The van der Waals surface area contributed by atoms with Crippen LogP contribution in [0.1, 0.15) is 35.2 Å². The van der Waals surface area contributed by atoms with Gasteiger partial charge in [0.25, 0.3) is 0 Å². The van der Waals surface area contributed by atoms with Gasteiger partial charge in [0.05, 0.1) is 18.1 Å². The summed E-state index contributed by atoms with van der Waals surface area (Å²) in [6, 6.07) is 4.64. The molecule has 2 amide bonds. The molecule has 25 heavy (non-hydrogen) atoms. The van der Waals surface area contributed by atoms with E-state index in [1.807, 2.05) is 0 Å². The number of carboxylic acids is 1. The third-order valence-corrected chi connectivity index (χ3v) is 5.47. The molecule has 2 aliphatic rings. The summed E-state index contributed by atoms with van der Waals surface area (Å²) in [7, 11) is 1.32. The van der Waals surface area contributed by atoms with Crippen molar-refractivity contribution in [3.8, 4) is 0 Å². The third kappa shape index (κ3) is 2.94. The Labute approximate surface area is 146 Å². The van der Waals surface area contributed by atoms with Crippen molar-refractivity contribution in [2.75, 3.05) is 25.5 Å². The Balaban J connectivity index is 1.70. The summed E-state index contributed by atoms with van der Waals surface area (Å²) in [5, 5.41) is 12.4. The fourth-order valence-electron chi connectivity index (χ4n) is 4.08. The van der Waals surface area contributed by atoms with Gasteiger partial charge in [-0.15, -0.1) is 0 Å². The number of aryl methyl sites for hydroxylation is 1. The Hall–Kier alpha value is -2.57. The molecule has 0 radical (unpaired) electrons. The van der Waals surface area contributed by atoms with Gasteiger partial charge in [-0.1, -0.05) is 6.42 Å². The van der Waals surface area contributed by atoms with Gasteiger partial charge in [0.2, 0.25) is 0 Å². The first kappa shape index (κ1) is 17.3. The molecule has 0 spiro atoms. The maximum absolute atomic E-state index is 12.5. The fraction of sp³-hybridized carbons (Fsp3) is 0.500.